The van der Waals surface area contributed by atoms with Crippen LogP contribution >= 0.6 is 0 Å². The number of nitrogens with zero attached hydrogens (tertiary/aromatic N) is 1. The molecule has 3 heteroatoms. The average molecular weight is 379 g/mol. The highest BCUT2D eigenvalue weighted by Gasteiger charge is 2.23. The largest absolute Gasteiger partial charge is 0.497 e. The third kappa shape index (κ3) is 2.62. The lowest BCUT2D eigenvalue weighted by molar-refractivity contribution is 0.104. The molecule has 0 saturated carbocycles. The van der Waals surface area contributed by atoms with Gasteiger partial charge in [0.1, 0.15) is 5.75 Å². The molecule has 3 heterocycles. The van der Waals surface area contributed by atoms with Crippen molar-refractivity contribution in [1.82, 2.24) is 4.40 Å². The molecule has 0 aliphatic rings. The molecule has 0 fully saturated rings. The number of carbonyl (C=O) groups excluding carboxylic acids is 1. The Hall–Kier alpha value is -3.59. The fourth-order valence-electron chi connectivity index (χ4n) is 4.32. The van der Waals surface area contributed by atoms with Crippen molar-refractivity contribution >= 4 is 22.3 Å². The number of aromatic nitrogens is 1. The predicted octanol–water partition coefficient (Wildman–Crippen LogP) is 6.00. The topological polar surface area (TPSA) is 30.7 Å². The van der Waals surface area contributed by atoms with Gasteiger partial charge < -0.3 is 9.14 Å². The van der Waals surface area contributed by atoms with E-state index in [4.69, 9.17) is 4.74 Å². The molecule has 0 radical (unpaired) electrons. The van der Waals surface area contributed by atoms with Gasteiger partial charge in [-0.15, -0.1) is 0 Å². The summed E-state index contributed by atoms with van der Waals surface area (Å²) in [4.78, 5) is 13.2. The maximum absolute atomic E-state index is 13.2. The SMILES string of the molecule is CCc1c(-c2ccc(OC)cc2)c2cc(C(=O)c3ccccc3)c3cccc1n32. The third-order valence-corrected chi connectivity index (χ3v) is 5.67. The normalized spacial score (nSPS) is 11.4. The van der Waals surface area contributed by atoms with Gasteiger partial charge in [0, 0.05) is 16.7 Å². The second kappa shape index (κ2) is 6.78. The number of hydrogen-bond donors (Lipinski definition) is 0. The minimum Gasteiger partial charge on any atom is -0.497 e. The van der Waals surface area contributed by atoms with Crippen LogP contribution < -0.4 is 4.74 Å². The molecule has 3 aromatic heterocycles. The van der Waals surface area contributed by atoms with Gasteiger partial charge >= 0.3 is 0 Å². The smallest absolute Gasteiger partial charge is 0.195 e. The molecule has 142 valence electrons. The van der Waals surface area contributed by atoms with E-state index in [0.717, 1.165) is 39.8 Å². The molecule has 0 atom stereocenters. The number of ether oxygens (including phenoxy) is 1. The van der Waals surface area contributed by atoms with Crippen LogP contribution in [0, 0.1) is 0 Å². The standard InChI is InChI=1S/C26H21NO2/c1-3-20-22-10-7-11-23-21(26(28)18-8-5-4-6-9-18)16-24(27(22)23)25(20)17-12-14-19(29-2)15-13-17/h4-16H,3H2,1-2H3. The molecule has 0 spiro atoms. The van der Waals surface area contributed by atoms with Gasteiger partial charge in [-0.3, -0.25) is 4.79 Å². The Kier molecular flexibility index (Phi) is 4.09. The van der Waals surface area contributed by atoms with E-state index in [1.807, 2.05) is 54.6 Å². The molecule has 0 unspecified atom stereocenters. The summed E-state index contributed by atoms with van der Waals surface area (Å²) in [5.41, 5.74) is 8.29. The summed E-state index contributed by atoms with van der Waals surface area (Å²) in [6.07, 6.45) is 0.921. The van der Waals surface area contributed by atoms with Crippen molar-refractivity contribution in [3.8, 4) is 16.9 Å². The Labute approximate surface area is 169 Å². The molecule has 0 saturated heterocycles. The number of rotatable bonds is 5. The second-order valence-corrected chi connectivity index (χ2v) is 7.21. The van der Waals surface area contributed by atoms with Gasteiger partial charge in [-0.2, -0.15) is 0 Å². The molecule has 0 aliphatic heterocycles. The van der Waals surface area contributed by atoms with Crippen LogP contribution in [-0.2, 0) is 6.42 Å². The summed E-state index contributed by atoms with van der Waals surface area (Å²) < 4.78 is 7.55. The molecule has 0 N–H and O–H groups in total. The Morgan fingerprint density at radius 2 is 1.59 bits per heavy atom. The van der Waals surface area contributed by atoms with Gasteiger partial charge in [0.15, 0.2) is 5.78 Å². The molecular weight excluding hydrogens is 358 g/mol. The van der Waals surface area contributed by atoms with Gasteiger partial charge in [-0.1, -0.05) is 55.5 Å². The highest BCUT2D eigenvalue weighted by atomic mass is 16.5. The van der Waals surface area contributed by atoms with E-state index in [0.29, 0.717) is 5.56 Å². The monoisotopic (exact) mass is 379 g/mol. The second-order valence-electron chi connectivity index (χ2n) is 7.21. The van der Waals surface area contributed by atoms with Crippen LogP contribution in [0.2, 0.25) is 0 Å². The number of aryl methyl sites for hydroxylation is 1. The zero-order valence-electron chi connectivity index (χ0n) is 16.5. The first-order valence-corrected chi connectivity index (χ1v) is 9.85. The fourth-order valence-corrected chi connectivity index (χ4v) is 4.32. The summed E-state index contributed by atoms with van der Waals surface area (Å²) >= 11 is 0. The molecule has 29 heavy (non-hydrogen) atoms. The summed E-state index contributed by atoms with van der Waals surface area (Å²) in [6.45, 7) is 2.18. The maximum atomic E-state index is 13.2. The van der Waals surface area contributed by atoms with E-state index in [1.165, 1.54) is 11.1 Å². The van der Waals surface area contributed by atoms with Gasteiger partial charge in [0.05, 0.1) is 23.7 Å². The third-order valence-electron chi connectivity index (χ3n) is 5.67. The first-order chi connectivity index (χ1) is 14.2. The van der Waals surface area contributed by atoms with Crippen LogP contribution in [0.5, 0.6) is 5.75 Å². The summed E-state index contributed by atoms with van der Waals surface area (Å²) in [6, 6.07) is 25.9. The van der Waals surface area contributed by atoms with Crippen molar-refractivity contribution in [1.29, 1.82) is 0 Å². The summed E-state index contributed by atoms with van der Waals surface area (Å²) in [5.74, 6) is 0.892. The minimum atomic E-state index is 0.0560. The highest BCUT2D eigenvalue weighted by molar-refractivity contribution is 6.16. The zero-order valence-corrected chi connectivity index (χ0v) is 16.5. The first-order valence-electron chi connectivity index (χ1n) is 9.85. The Morgan fingerprint density at radius 1 is 0.862 bits per heavy atom. The molecule has 0 amide bonds. The van der Waals surface area contributed by atoms with E-state index < -0.39 is 0 Å². The molecule has 0 aliphatic carbocycles. The van der Waals surface area contributed by atoms with E-state index in [9.17, 15) is 4.79 Å². The van der Waals surface area contributed by atoms with Gasteiger partial charge in [0.25, 0.3) is 0 Å². The van der Waals surface area contributed by atoms with Crippen molar-refractivity contribution in [2.45, 2.75) is 13.3 Å². The predicted molar refractivity (Wildman–Crippen MR) is 117 cm³/mol. The number of methoxy groups -OCH3 is 1. The molecule has 0 bridgehead atoms. The Morgan fingerprint density at radius 3 is 2.28 bits per heavy atom. The summed E-state index contributed by atoms with van der Waals surface area (Å²) in [7, 11) is 1.68. The summed E-state index contributed by atoms with van der Waals surface area (Å²) in [5, 5.41) is 0. The fraction of sp³-hybridized carbons (Fsp3) is 0.115. The average Bonchev–Trinajstić information content (AvgIpc) is 3.32. The van der Waals surface area contributed by atoms with Crippen molar-refractivity contribution < 1.29 is 9.53 Å². The Bertz CT molecular complexity index is 1310. The number of pyridine rings is 1. The minimum absolute atomic E-state index is 0.0560. The quantitative estimate of drug-likeness (QED) is 0.351. The van der Waals surface area contributed by atoms with Gasteiger partial charge in [0.2, 0.25) is 0 Å². The maximum Gasteiger partial charge on any atom is 0.195 e. The number of benzene rings is 2. The Balaban J connectivity index is 1.79. The van der Waals surface area contributed by atoms with Crippen molar-refractivity contribution in [3.63, 3.8) is 0 Å². The lowest BCUT2D eigenvalue weighted by Gasteiger charge is -2.06. The molecule has 5 aromatic rings. The van der Waals surface area contributed by atoms with Crippen LogP contribution in [0.4, 0.5) is 0 Å². The first kappa shape index (κ1) is 17.5. The van der Waals surface area contributed by atoms with Crippen LogP contribution in [0.15, 0.2) is 78.9 Å². The van der Waals surface area contributed by atoms with Crippen LogP contribution in [0.1, 0.15) is 28.4 Å². The highest BCUT2D eigenvalue weighted by Crippen LogP contribution is 2.39. The van der Waals surface area contributed by atoms with E-state index in [1.54, 1.807) is 7.11 Å². The molecular formula is C26H21NO2. The van der Waals surface area contributed by atoms with Gasteiger partial charge in [-0.05, 0) is 47.9 Å². The lowest BCUT2D eigenvalue weighted by atomic mass is 9.98. The number of ketones is 1. The van der Waals surface area contributed by atoms with Crippen LogP contribution in [-0.4, -0.2) is 17.3 Å². The lowest BCUT2D eigenvalue weighted by Crippen LogP contribution is -2.00. The van der Waals surface area contributed by atoms with E-state index >= 15 is 0 Å². The molecule has 5 rings (SSSR count). The van der Waals surface area contributed by atoms with E-state index in [2.05, 4.69) is 35.6 Å². The number of hydrogen-bond acceptors (Lipinski definition) is 2. The zero-order chi connectivity index (χ0) is 20.0. The van der Waals surface area contributed by atoms with Crippen LogP contribution in [0.25, 0.3) is 27.7 Å². The molecule has 2 aromatic carbocycles. The van der Waals surface area contributed by atoms with Crippen molar-refractivity contribution in [2.75, 3.05) is 7.11 Å². The van der Waals surface area contributed by atoms with Crippen LogP contribution in [0.3, 0.4) is 0 Å². The van der Waals surface area contributed by atoms with Crippen molar-refractivity contribution in [3.05, 3.63) is 95.6 Å². The van der Waals surface area contributed by atoms with Gasteiger partial charge in [-0.25, -0.2) is 0 Å². The number of carbonyl (C=O) groups is 1. The molecule has 3 nitrogen and oxygen atoms in total. The van der Waals surface area contributed by atoms with Crippen molar-refractivity contribution in [2.24, 2.45) is 0 Å². The van der Waals surface area contributed by atoms with E-state index in [-0.39, 0.29) is 5.78 Å².